The molecule has 0 fully saturated rings. The average Bonchev–Trinajstić information content (AvgIpc) is 2.44. The van der Waals surface area contributed by atoms with Crippen LogP contribution in [-0.2, 0) is 4.74 Å². The van der Waals surface area contributed by atoms with Crippen LogP contribution in [0.5, 0.6) is 0 Å². The number of aromatic nitrogens is 1. The largest absolute Gasteiger partial charge is 0.465 e. The van der Waals surface area contributed by atoms with Crippen LogP contribution < -0.4 is 5.32 Å². The number of hydrogen-bond acceptors (Lipinski definition) is 4. The zero-order chi connectivity index (χ0) is 14.7. The Morgan fingerprint density at radius 3 is 2.70 bits per heavy atom. The SMILES string of the molecule is COC(=O)c1ccnc(Nc2cc(F)c(C)cc2F)c1. The molecule has 0 aliphatic heterocycles. The van der Waals surface area contributed by atoms with Crippen LogP contribution in [-0.4, -0.2) is 18.1 Å². The van der Waals surface area contributed by atoms with Crippen LogP contribution in [0.4, 0.5) is 20.3 Å². The topological polar surface area (TPSA) is 51.2 Å². The fourth-order valence-electron chi connectivity index (χ4n) is 1.62. The van der Waals surface area contributed by atoms with Crippen molar-refractivity contribution in [2.75, 3.05) is 12.4 Å². The van der Waals surface area contributed by atoms with E-state index in [0.29, 0.717) is 0 Å². The van der Waals surface area contributed by atoms with E-state index in [-0.39, 0.29) is 22.6 Å². The van der Waals surface area contributed by atoms with E-state index < -0.39 is 17.6 Å². The summed E-state index contributed by atoms with van der Waals surface area (Å²) in [6.45, 7) is 1.47. The summed E-state index contributed by atoms with van der Waals surface area (Å²) in [5.41, 5.74) is 0.421. The lowest BCUT2D eigenvalue weighted by Crippen LogP contribution is -2.04. The Morgan fingerprint density at radius 2 is 2.00 bits per heavy atom. The van der Waals surface area contributed by atoms with Gasteiger partial charge in [0.1, 0.15) is 17.5 Å². The van der Waals surface area contributed by atoms with Gasteiger partial charge in [-0.3, -0.25) is 0 Å². The number of anilines is 2. The van der Waals surface area contributed by atoms with Crippen LogP contribution in [0.1, 0.15) is 15.9 Å². The van der Waals surface area contributed by atoms with Crippen molar-refractivity contribution in [2.24, 2.45) is 0 Å². The molecule has 104 valence electrons. The van der Waals surface area contributed by atoms with Crippen molar-refractivity contribution in [3.05, 3.63) is 53.2 Å². The summed E-state index contributed by atoms with van der Waals surface area (Å²) < 4.78 is 31.7. The first kappa shape index (κ1) is 13.9. The molecule has 0 aliphatic rings. The molecule has 6 heteroatoms. The van der Waals surface area contributed by atoms with Gasteiger partial charge in [-0.15, -0.1) is 0 Å². The minimum Gasteiger partial charge on any atom is -0.465 e. The van der Waals surface area contributed by atoms with Gasteiger partial charge in [0.15, 0.2) is 0 Å². The highest BCUT2D eigenvalue weighted by Gasteiger charge is 2.10. The third kappa shape index (κ3) is 2.90. The van der Waals surface area contributed by atoms with Crippen LogP contribution in [0.15, 0.2) is 30.5 Å². The number of esters is 1. The van der Waals surface area contributed by atoms with Gasteiger partial charge in [-0.25, -0.2) is 18.6 Å². The molecule has 1 heterocycles. The van der Waals surface area contributed by atoms with Crippen LogP contribution in [0.2, 0.25) is 0 Å². The van der Waals surface area contributed by atoms with Crippen LogP contribution in [0.3, 0.4) is 0 Å². The molecular weight excluding hydrogens is 266 g/mol. The van der Waals surface area contributed by atoms with Crippen molar-refractivity contribution in [3.8, 4) is 0 Å². The molecule has 2 rings (SSSR count). The lowest BCUT2D eigenvalue weighted by Gasteiger charge is -2.09. The Kier molecular flexibility index (Phi) is 3.93. The van der Waals surface area contributed by atoms with Gasteiger partial charge in [0.2, 0.25) is 0 Å². The van der Waals surface area contributed by atoms with Gasteiger partial charge < -0.3 is 10.1 Å². The van der Waals surface area contributed by atoms with Crippen LogP contribution in [0, 0.1) is 18.6 Å². The first-order chi connectivity index (χ1) is 9.51. The number of nitrogens with one attached hydrogen (secondary N) is 1. The fraction of sp³-hybridized carbons (Fsp3) is 0.143. The van der Waals surface area contributed by atoms with Crippen molar-refractivity contribution in [3.63, 3.8) is 0 Å². The first-order valence-corrected chi connectivity index (χ1v) is 5.78. The molecule has 2 aromatic rings. The molecule has 0 amide bonds. The third-order valence-corrected chi connectivity index (χ3v) is 2.69. The highest BCUT2D eigenvalue weighted by atomic mass is 19.1. The Hall–Kier alpha value is -2.50. The summed E-state index contributed by atoms with van der Waals surface area (Å²) in [4.78, 5) is 15.3. The molecule has 0 atom stereocenters. The van der Waals surface area contributed by atoms with Gasteiger partial charge >= 0.3 is 5.97 Å². The normalized spacial score (nSPS) is 10.2. The quantitative estimate of drug-likeness (QED) is 0.876. The predicted molar refractivity (Wildman–Crippen MR) is 70.0 cm³/mol. The lowest BCUT2D eigenvalue weighted by atomic mass is 10.2. The second kappa shape index (κ2) is 5.64. The van der Waals surface area contributed by atoms with Gasteiger partial charge in [0, 0.05) is 12.3 Å². The number of halogens is 2. The van der Waals surface area contributed by atoms with Gasteiger partial charge in [0.05, 0.1) is 18.4 Å². The molecule has 0 aliphatic carbocycles. The summed E-state index contributed by atoms with van der Waals surface area (Å²) >= 11 is 0. The molecule has 1 aromatic carbocycles. The van der Waals surface area contributed by atoms with E-state index in [1.165, 1.54) is 32.4 Å². The number of ether oxygens (including phenoxy) is 1. The number of aryl methyl sites for hydroxylation is 1. The number of methoxy groups -OCH3 is 1. The van der Waals surface area contributed by atoms with E-state index in [1.807, 2.05) is 0 Å². The molecule has 0 unspecified atom stereocenters. The lowest BCUT2D eigenvalue weighted by molar-refractivity contribution is 0.0600. The fourth-order valence-corrected chi connectivity index (χ4v) is 1.62. The second-order valence-electron chi connectivity index (χ2n) is 4.13. The van der Waals surface area contributed by atoms with Crippen LogP contribution >= 0.6 is 0 Å². The van der Waals surface area contributed by atoms with Crippen molar-refractivity contribution in [2.45, 2.75) is 6.92 Å². The van der Waals surface area contributed by atoms with Gasteiger partial charge in [-0.2, -0.15) is 0 Å². The zero-order valence-electron chi connectivity index (χ0n) is 10.9. The molecule has 0 radical (unpaired) electrons. The number of pyridine rings is 1. The van der Waals surface area contributed by atoms with Crippen molar-refractivity contribution in [1.82, 2.24) is 4.98 Å². The molecule has 1 N–H and O–H groups in total. The Morgan fingerprint density at radius 1 is 1.25 bits per heavy atom. The van der Waals surface area contributed by atoms with E-state index in [4.69, 9.17) is 0 Å². The van der Waals surface area contributed by atoms with Gasteiger partial charge in [-0.1, -0.05) is 0 Å². The molecule has 0 saturated heterocycles. The van der Waals surface area contributed by atoms with Gasteiger partial charge in [0.25, 0.3) is 0 Å². The number of nitrogens with zero attached hydrogens (tertiary/aromatic N) is 1. The zero-order valence-corrected chi connectivity index (χ0v) is 10.9. The highest BCUT2D eigenvalue weighted by molar-refractivity contribution is 5.90. The Balaban J connectivity index is 2.31. The van der Waals surface area contributed by atoms with E-state index >= 15 is 0 Å². The number of rotatable bonds is 3. The second-order valence-corrected chi connectivity index (χ2v) is 4.13. The summed E-state index contributed by atoms with van der Waals surface area (Å²) in [6, 6.07) is 4.98. The Bertz CT molecular complexity index is 660. The van der Waals surface area contributed by atoms with Crippen molar-refractivity contribution in [1.29, 1.82) is 0 Å². The molecular formula is C14H12F2N2O2. The third-order valence-electron chi connectivity index (χ3n) is 2.69. The maximum Gasteiger partial charge on any atom is 0.338 e. The molecule has 0 spiro atoms. The first-order valence-electron chi connectivity index (χ1n) is 5.78. The number of benzene rings is 1. The Labute approximate surface area is 114 Å². The highest BCUT2D eigenvalue weighted by Crippen LogP contribution is 2.22. The number of carbonyl (C=O) groups is 1. The monoisotopic (exact) mass is 278 g/mol. The predicted octanol–water partition coefficient (Wildman–Crippen LogP) is 3.20. The summed E-state index contributed by atoms with van der Waals surface area (Å²) in [5, 5.41) is 2.63. The van der Waals surface area contributed by atoms with Crippen molar-refractivity contribution >= 4 is 17.5 Å². The molecule has 1 aromatic heterocycles. The molecule has 4 nitrogen and oxygen atoms in total. The van der Waals surface area contributed by atoms with Crippen LogP contribution in [0.25, 0.3) is 0 Å². The minimum atomic E-state index is -0.603. The summed E-state index contributed by atoms with van der Waals surface area (Å²) in [6.07, 6.45) is 1.37. The van der Waals surface area contributed by atoms with E-state index in [1.54, 1.807) is 0 Å². The van der Waals surface area contributed by atoms with E-state index in [9.17, 15) is 13.6 Å². The smallest absolute Gasteiger partial charge is 0.338 e. The molecule has 0 bridgehead atoms. The maximum atomic E-state index is 13.7. The maximum absolute atomic E-state index is 13.7. The van der Waals surface area contributed by atoms with E-state index in [0.717, 1.165) is 12.1 Å². The minimum absolute atomic E-state index is 0.0531. The molecule has 20 heavy (non-hydrogen) atoms. The summed E-state index contributed by atoms with van der Waals surface area (Å²) in [5.74, 6) is -1.45. The van der Waals surface area contributed by atoms with E-state index in [2.05, 4.69) is 15.0 Å². The number of carbonyl (C=O) groups excluding carboxylic acids is 1. The summed E-state index contributed by atoms with van der Waals surface area (Å²) in [7, 11) is 1.25. The standard InChI is InChI=1S/C14H12F2N2O2/c1-8-5-11(16)12(7-10(8)15)18-13-6-9(3-4-17-13)14(19)20-2/h3-7H,1-2H3,(H,17,18). The average molecular weight is 278 g/mol. The van der Waals surface area contributed by atoms with Crippen molar-refractivity contribution < 1.29 is 18.3 Å². The molecule has 0 saturated carbocycles. The van der Waals surface area contributed by atoms with Gasteiger partial charge in [-0.05, 0) is 30.7 Å². The number of hydrogen-bond donors (Lipinski definition) is 1.